The van der Waals surface area contributed by atoms with Gasteiger partial charge in [0.1, 0.15) is 23.2 Å². The second kappa shape index (κ2) is 10.1. The third kappa shape index (κ3) is 5.86. The number of benzene rings is 2. The SMILES string of the molecule is Cc1cc(OCc2csc(C(=O)Nc3nn(Cc4ccc(F)cc4Cl)cc3Cl)c2)ccc1Cl. The number of carbonyl (C=O) groups excluding carboxylic acids is 1. The first-order valence-corrected chi connectivity index (χ1v) is 11.7. The number of rotatable bonds is 7. The van der Waals surface area contributed by atoms with Gasteiger partial charge < -0.3 is 10.1 Å². The zero-order valence-electron chi connectivity index (χ0n) is 17.2. The maximum absolute atomic E-state index is 13.2. The molecule has 1 N–H and O–H groups in total. The number of thiophene rings is 1. The lowest BCUT2D eigenvalue weighted by Gasteiger charge is -2.06. The largest absolute Gasteiger partial charge is 0.489 e. The average molecular weight is 525 g/mol. The van der Waals surface area contributed by atoms with E-state index in [2.05, 4.69) is 10.4 Å². The van der Waals surface area contributed by atoms with Crippen molar-refractivity contribution in [2.45, 2.75) is 20.1 Å². The Morgan fingerprint density at radius 2 is 1.94 bits per heavy atom. The lowest BCUT2D eigenvalue weighted by molar-refractivity contribution is 0.103. The number of halogens is 4. The van der Waals surface area contributed by atoms with Crippen LogP contribution in [0.1, 0.15) is 26.4 Å². The number of ether oxygens (including phenoxy) is 1. The van der Waals surface area contributed by atoms with Crippen LogP contribution in [-0.2, 0) is 13.2 Å². The molecule has 170 valence electrons. The number of amides is 1. The van der Waals surface area contributed by atoms with Gasteiger partial charge in [0.05, 0.1) is 11.4 Å². The van der Waals surface area contributed by atoms with E-state index in [1.54, 1.807) is 30.5 Å². The highest BCUT2D eigenvalue weighted by Crippen LogP contribution is 2.25. The number of anilines is 1. The summed E-state index contributed by atoms with van der Waals surface area (Å²) in [5.41, 5.74) is 2.46. The molecule has 0 unspecified atom stereocenters. The van der Waals surface area contributed by atoms with Gasteiger partial charge >= 0.3 is 0 Å². The average Bonchev–Trinajstić information content (AvgIpc) is 3.38. The van der Waals surface area contributed by atoms with Gasteiger partial charge in [-0.05, 0) is 59.8 Å². The van der Waals surface area contributed by atoms with Crippen molar-refractivity contribution in [3.63, 3.8) is 0 Å². The van der Waals surface area contributed by atoms with Crippen LogP contribution in [0.5, 0.6) is 5.75 Å². The highest BCUT2D eigenvalue weighted by Gasteiger charge is 2.15. The molecule has 10 heteroatoms. The zero-order valence-corrected chi connectivity index (χ0v) is 20.3. The molecule has 5 nitrogen and oxygen atoms in total. The van der Waals surface area contributed by atoms with Crippen molar-refractivity contribution >= 4 is 57.9 Å². The van der Waals surface area contributed by atoms with Crippen LogP contribution in [0.4, 0.5) is 10.2 Å². The number of aromatic nitrogens is 2. The minimum Gasteiger partial charge on any atom is -0.489 e. The molecule has 0 fully saturated rings. The molecule has 2 aromatic carbocycles. The molecular weight excluding hydrogens is 508 g/mol. The van der Waals surface area contributed by atoms with E-state index in [0.717, 1.165) is 11.1 Å². The minimum atomic E-state index is -0.417. The maximum Gasteiger partial charge on any atom is 0.266 e. The van der Waals surface area contributed by atoms with Crippen molar-refractivity contribution in [2.75, 3.05) is 5.32 Å². The van der Waals surface area contributed by atoms with Crippen LogP contribution in [0.15, 0.2) is 54.0 Å². The van der Waals surface area contributed by atoms with Gasteiger partial charge in [-0.3, -0.25) is 9.48 Å². The summed E-state index contributed by atoms with van der Waals surface area (Å²) in [7, 11) is 0. The van der Waals surface area contributed by atoms with E-state index in [0.29, 0.717) is 27.8 Å². The fraction of sp³-hybridized carbons (Fsp3) is 0.130. The van der Waals surface area contributed by atoms with Gasteiger partial charge in [-0.15, -0.1) is 11.3 Å². The van der Waals surface area contributed by atoms with Crippen LogP contribution in [0.3, 0.4) is 0 Å². The van der Waals surface area contributed by atoms with E-state index in [-0.39, 0.29) is 28.3 Å². The van der Waals surface area contributed by atoms with Crippen molar-refractivity contribution in [1.29, 1.82) is 0 Å². The van der Waals surface area contributed by atoms with Crippen LogP contribution < -0.4 is 10.1 Å². The Hall–Kier alpha value is -2.58. The van der Waals surface area contributed by atoms with Crippen molar-refractivity contribution in [1.82, 2.24) is 9.78 Å². The summed E-state index contributed by atoms with van der Waals surface area (Å²) in [6, 6.07) is 11.3. The van der Waals surface area contributed by atoms with E-state index in [4.69, 9.17) is 39.5 Å². The second-order valence-corrected chi connectivity index (χ2v) is 9.36. The summed E-state index contributed by atoms with van der Waals surface area (Å²) in [5, 5.41) is 10.1. The summed E-state index contributed by atoms with van der Waals surface area (Å²) in [5.74, 6) is 0.176. The topological polar surface area (TPSA) is 56.1 Å². The molecule has 0 radical (unpaired) electrons. The van der Waals surface area contributed by atoms with Crippen molar-refractivity contribution in [3.8, 4) is 5.75 Å². The number of aryl methyl sites for hydroxylation is 1. The Bertz CT molecular complexity index is 1320. The fourth-order valence-electron chi connectivity index (χ4n) is 3.00. The predicted molar refractivity (Wildman–Crippen MR) is 131 cm³/mol. The van der Waals surface area contributed by atoms with Gasteiger partial charge in [0.25, 0.3) is 5.91 Å². The number of carbonyl (C=O) groups is 1. The molecule has 4 aromatic rings. The van der Waals surface area contributed by atoms with E-state index in [1.165, 1.54) is 28.2 Å². The van der Waals surface area contributed by atoms with E-state index < -0.39 is 5.82 Å². The van der Waals surface area contributed by atoms with Gasteiger partial charge in [-0.25, -0.2) is 4.39 Å². The summed E-state index contributed by atoms with van der Waals surface area (Å²) in [4.78, 5) is 13.2. The Balaban J connectivity index is 1.38. The van der Waals surface area contributed by atoms with Gasteiger partial charge in [0.2, 0.25) is 0 Å². The first-order valence-electron chi connectivity index (χ1n) is 9.73. The Labute approximate surface area is 208 Å². The van der Waals surface area contributed by atoms with Crippen LogP contribution in [-0.4, -0.2) is 15.7 Å². The van der Waals surface area contributed by atoms with Crippen LogP contribution in [0.2, 0.25) is 15.1 Å². The van der Waals surface area contributed by atoms with Crippen molar-refractivity contribution in [2.24, 2.45) is 0 Å². The third-order valence-electron chi connectivity index (χ3n) is 4.71. The van der Waals surface area contributed by atoms with Crippen LogP contribution >= 0.6 is 46.1 Å². The van der Waals surface area contributed by atoms with Gasteiger partial charge in [-0.1, -0.05) is 40.9 Å². The van der Waals surface area contributed by atoms with E-state index in [1.807, 2.05) is 18.4 Å². The maximum atomic E-state index is 13.2. The lowest BCUT2D eigenvalue weighted by atomic mass is 10.2. The lowest BCUT2D eigenvalue weighted by Crippen LogP contribution is -2.12. The Kier molecular flexibility index (Phi) is 7.24. The Morgan fingerprint density at radius 3 is 2.70 bits per heavy atom. The molecule has 0 aliphatic heterocycles. The first-order chi connectivity index (χ1) is 15.8. The van der Waals surface area contributed by atoms with Crippen LogP contribution in [0.25, 0.3) is 0 Å². The fourth-order valence-corrected chi connectivity index (χ4v) is 4.33. The molecule has 2 aromatic heterocycles. The van der Waals surface area contributed by atoms with Gasteiger partial charge in [0, 0.05) is 21.8 Å². The molecule has 4 rings (SSSR count). The molecular formula is C23H17Cl3FN3O2S. The molecule has 0 saturated heterocycles. The van der Waals surface area contributed by atoms with Gasteiger partial charge in [-0.2, -0.15) is 5.10 Å². The minimum absolute atomic E-state index is 0.225. The van der Waals surface area contributed by atoms with Crippen molar-refractivity contribution in [3.05, 3.63) is 96.5 Å². The predicted octanol–water partition coefficient (Wildman–Crippen LogP) is 7.23. The normalized spacial score (nSPS) is 10.9. The zero-order chi connectivity index (χ0) is 23.5. The standard InChI is InChI=1S/C23H17Cl3FN3O2S/c1-13-6-17(4-5-18(13)24)32-11-14-7-21(33-12-14)23(31)28-22-20(26)10-30(29-22)9-15-2-3-16(27)8-19(15)25/h2-8,10,12H,9,11H2,1H3,(H,28,29,31). The smallest absolute Gasteiger partial charge is 0.266 e. The molecule has 0 aliphatic rings. The molecule has 33 heavy (non-hydrogen) atoms. The molecule has 2 heterocycles. The summed E-state index contributed by atoms with van der Waals surface area (Å²) in [6.45, 7) is 2.50. The molecule has 0 saturated carbocycles. The summed E-state index contributed by atoms with van der Waals surface area (Å²) in [6.07, 6.45) is 1.57. The number of nitrogens with one attached hydrogen (secondary N) is 1. The van der Waals surface area contributed by atoms with E-state index >= 15 is 0 Å². The quantitative estimate of drug-likeness (QED) is 0.277. The number of hydrogen-bond donors (Lipinski definition) is 1. The molecule has 0 aliphatic carbocycles. The summed E-state index contributed by atoms with van der Waals surface area (Å²) < 4.78 is 20.5. The van der Waals surface area contributed by atoms with E-state index in [9.17, 15) is 9.18 Å². The highest BCUT2D eigenvalue weighted by molar-refractivity contribution is 7.12. The first kappa shape index (κ1) is 23.6. The highest BCUT2D eigenvalue weighted by atomic mass is 35.5. The van der Waals surface area contributed by atoms with Gasteiger partial charge in [0.15, 0.2) is 5.82 Å². The molecule has 0 atom stereocenters. The third-order valence-corrected chi connectivity index (χ3v) is 6.74. The second-order valence-electron chi connectivity index (χ2n) is 7.23. The molecule has 0 spiro atoms. The molecule has 0 bridgehead atoms. The molecule has 1 amide bonds. The monoisotopic (exact) mass is 523 g/mol. The van der Waals surface area contributed by atoms with Crippen LogP contribution in [0, 0.1) is 12.7 Å². The summed E-state index contributed by atoms with van der Waals surface area (Å²) >= 11 is 19.6. The van der Waals surface area contributed by atoms with Crippen molar-refractivity contribution < 1.29 is 13.9 Å². The Morgan fingerprint density at radius 1 is 1.12 bits per heavy atom. The number of hydrogen-bond acceptors (Lipinski definition) is 4. The number of nitrogens with zero attached hydrogens (tertiary/aromatic N) is 2.